The van der Waals surface area contributed by atoms with Crippen molar-refractivity contribution in [3.63, 3.8) is 0 Å². The van der Waals surface area contributed by atoms with E-state index in [2.05, 4.69) is 0 Å². The molecule has 3 rings (SSSR count). The number of halogens is 1. The zero-order valence-electron chi connectivity index (χ0n) is 10.6. The van der Waals surface area contributed by atoms with E-state index in [4.69, 9.17) is 4.84 Å². The molecule has 0 saturated carbocycles. The van der Waals surface area contributed by atoms with E-state index in [-0.39, 0.29) is 16.7 Å². The molecule has 5 nitrogen and oxygen atoms in total. The van der Waals surface area contributed by atoms with Gasteiger partial charge in [0.25, 0.3) is 11.8 Å². The van der Waals surface area contributed by atoms with Gasteiger partial charge in [-0.25, -0.2) is 9.18 Å². The number of carbonyl (C=O) groups is 3. The van der Waals surface area contributed by atoms with E-state index >= 15 is 0 Å². The van der Waals surface area contributed by atoms with E-state index in [1.54, 1.807) is 12.1 Å². The first-order valence-corrected chi connectivity index (χ1v) is 6.04. The van der Waals surface area contributed by atoms with Crippen LogP contribution in [0.25, 0.3) is 0 Å². The number of hydrogen-bond donors (Lipinski definition) is 0. The molecule has 2 aromatic rings. The van der Waals surface area contributed by atoms with Gasteiger partial charge in [-0.1, -0.05) is 29.3 Å². The molecule has 0 bridgehead atoms. The summed E-state index contributed by atoms with van der Waals surface area (Å²) in [7, 11) is 0. The van der Waals surface area contributed by atoms with Gasteiger partial charge in [-0.3, -0.25) is 9.59 Å². The Kier molecular flexibility index (Phi) is 2.98. The maximum Gasteiger partial charge on any atom is 0.366 e. The van der Waals surface area contributed by atoms with Gasteiger partial charge in [-0.15, -0.1) is 0 Å². The summed E-state index contributed by atoms with van der Waals surface area (Å²) in [5, 5.41) is 0.347. The van der Waals surface area contributed by atoms with Gasteiger partial charge >= 0.3 is 5.97 Å². The van der Waals surface area contributed by atoms with Crippen molar-refractivity contribution in [2.24, 2.45) is 0 Å². The monoisotopic (exact) mass is 285 g/mol. The second-order valence-electron chi connectivity index (χ2n) is 4.31. The van der Waals surface area contributed by atoms with Crippen LogP contribution in [0.4, 0.5) is 4.39 Å². The van der Waals surface area contributed by atoms with Crippen molar-refractivity contribution < 1.29 is 23.6 Å². The van der Waals surface area contributed by atoms with Crippen LogP contribution >= 0.6 is 0 Å². The van der Waals surface area contributed by atoms with Gasteiger partial charge in [0.15, 0.2) is 0 Å². The standard InChI is InChI=1S/C15H8FNO4/c16-12-8-4-3-7-11(12)15(20)21-17-13(18)9-5-1-2-6-10(9)14(17)19/h1-8H. The number of nitrogens with zero attached hydrogens (tertiary/aromatic N) is 1. The van der Waals surface area contributed by atoms with Crippen molar-refractivity contribution in [3.05, 3.63) is 71.0 Å². The largest absolute Gasteiger partial charge is 0.366 e. The number of imide groups is 1. The number of carbonyl (C=O) groups excluding carboxylic acids is 3. The Morgan fingerprint density at radius 2 is 1.43 bits per heavy atom. The molecule has 0 N–H and O–H groups in total. The smallest absolute Gasteiger partial charge is 0.324 e. The van der Waals surface area contributed by atoms with Crippen LogP contribution in [0.3, 0.4) is 0 Å². The molecule has 0 atom stereocenters. The molecule has 2 aromatic carbocycles. The molecule has 1 heterocycles. The Labute approximate surface area is 118 Å². The summed E-state index contributed by atoms with van der Waals surface area (Å²) >= 11 is 0. The third-order valence-electron chi connectivity index (χ3n) is 3.02. The Balaban J connectivity index is 1.88. The Morgan fingerprint density at radius 3 is 2.00 bits per heavy atom. The lowest BCUT2D eigenvalue weighted by Crippen LogP contribution is -2.32. The van der Waals surface area contributed by atoms with Gasteiger partial charge < -0.3 is 4.84 Å². The summed E-state index contributed by atoms with van der Waals surface area (Å²) in [4.78, 5) is 40.6. The van der Waals surface area contributed by atoms with Crippen molar-refractivity contribution in [1.29, 1.82) is 0 Å². The highest BCUT2D eigenvalue weighted by Gasteiger charge is 2.39. The predicted octanol–water partition coefficient (Wildman–Crippen LogP) is 2.19. The van der Waals surface area contributed by atoms with Gasteiger partial charge in [0.05, 0.1) is 16.7 Å². The van der Waals surface area contributed by atoms with Gasteiger partial charge in [0, 0.05) is 0 Å². The minimum Gasteiger partial charge on any atom is -0.324 e. The summed E-state index contributed by atoms with van der Waals surface area (Å²) < 4.78 is 13.5. The molecule has 6 heteroatoms. The second-order valence-corrected chi connectivity index (χ2v) is 4.31. The molecule has 0 unspecified atom stereocenters. The number of fused-ring (bicyclic) bond motifs is 1. The molecule has 0 saturated heterocycles. The number of hydrogen-bond acceptors (Lipinski definition) is 4. The topological polar surface area (TPSA) is 63.7 Å². The molecule has 1 aliphatic rings. The van der Waals surface area contributed by atoms with Crippen LogP contribution in [0.1, 0.15) is 31.1 Å². The summed E-state index contributed by atoms with van der Waals surface area (Å²) in [6, 6.07) is 11.2. The molecular formula is C15H8FNO4. The Morgan fingerprint density at radius 1 is 0.905 bits per heavy atom. The fraction of sp³-hybridized carbons (Fsp3) is 0. The molecule has 104 valence electrons. The number of amides is 2. The molecule has 2 amide bonds. The van der Waals surface area contributed by atoms with Gasteiger partial charge in [0.1, 0.15) is 5.82 Å². The molecule has 21 heavy (non-hydrogen) atoms. The average molecular weight is 285 g/mol. The Hall–Kier alpha value is -3.02. The van der Waals surface area contributed by atoms with Crippen molar-refractivity contribution in [2.75, 3.05) is 0 Å². The third kappa shape index (κ3) is 2.06. The van der Waals surface area contributed by atoms with Crippen LogP contribution in [0.5, 0.6) is 0 Å². The van der Waals surface area contributed by atoms with Crippen molar-refractivity contribution >= 4 is 17.8 Å². The summed E-state index contributed by atoms with van der Waals surface area (Å²) in [5.41, 5.74) is -0.0678. The first-order chi connectivity index (χ1) is 10.1. The zero-order chi connectivity index (χ0) is 15.0. The summed E-state index contributed by atoms with van der Waals surface area (Å²) in [6.07, 6.45) is 0. The fourth-order valence-corrected chi connectivity index (χ4v) is 2.01. The van der Waals surface area contributed by atoms with E-state index in [1.165, 1.54) is 30.3 Å². The Bertz CT molecular complexity index is 737. The predicted molar refractivity (Wildman–Crippen MR) is 68.8 cm³/mol. The minimum atomic E-state index is -1.11. The number of rotatable bonds is 2. The van der Waals surface area contributed by atoms with Crippen LogP contribution in [-0.2, 0) is 4.84 Å². The quantitative estimate of drug-likeness (QED) is 0.793. The van der Waals surface area contributed by atoms with E-state index < -0.39 is 23.6 Å². The normalized spacial score (nSPS) is 13.3. The van der Waals surface area contributed by atoms with E-state index in [0.29, 0.717) is 5.06 Å². The van der Waals surface area contributed by atoms with E-state index in [9.17, 15) is 18.8 Å². The summed E-state index contributed by atoms with van der Waals surface area (Å²) in [6.45, 7) is 0. The van der Waals surface area contributed by atoms with Crippen molar-refractivity contribution in [1.82, 2.24) is 5.06 Å². The molecular weight excluding hydrogens is 277 g/mol. The van der Waals surface area contributed by atoms with Gasteiger partial charge in [-0.05, 0) is 24.3 Å². The van der Waals surface area contributed by atoms with Crippen LogP contribution in [-0.4, -0.2) is 22.8 Å². The second kappa shape index (κ2) is 4.82. The minimum absolute atomic E-state index is 0.142. The molecule has 0 fully saturated rings. The van der Waals surface area contributed by atoms with Crippen LogP contribution in [0.15, 0.2) is 48.5 Å². The zero-order valence-corrected chi connectivity index (χ0v) is 10.6. The molecule has 0 aliphatic carbocycles. The van der Waals surface area contributed by atoms with Crippen LogP contribution in [0, 0.1) is 5.82 Å². The van der Waals surface area contributed by atoms with Gasteiger partial charge in [0.2, 0.25) is 0 Å². The SMILES string of the molecule is O=C(ON1C(=O)c2ccccc2C1=O)c1ccccc1F. The molecule has 1 aliphatic heterocycles. The number of benzene rings is 2. The van der Waals surface area contributed by atoms with Crippen LogP contribution in [0.2, 0.25) is 0 Å². The van der Waals surface area contributed by atoms with Gasteiger partial charge in [-0.2, -0.15) is 0 Å². The lowest BCUT2D eigenvalue weighted by atomic mass is 10.1. The first-order valence-electron chi connectivity index (χ1n) is 6.04. The highest BCUT2D eigenvalue weighted by molar-refractivity contribution is 6.21. The highest BCUT2D eigenvalue weighted by atomic mass is 19.1. The summed E-state index contributed by atoms with van der Waals surface area (Å²) in [5.74, 6) is -3.40. The maximum atomic E-state index is 13.5. The molecule has 0 spiro atoms. The highest BCUT2D eigenvalue weighted by Crippen LogP contribution is 2.23. The maximum absolute atomic E-state index is 13.5. The average Bonchev–Trinajstić information content (AvgIpc) is 2.73. The lowest BCUT2D eigenvalue weighted by molar-refractivity contribution is -0.0587. The van der Waals surface area contributed by atoms with Crippen molar-refractivity contribution in [3.8, 4) is 0 Å². The molecule has 0 aromatic heterocycles. The number of hydroxylamine groups is 2. The van der Waals surface area contributed by atoms with E-state index in [0.717, 1.165) is 6.07 Å². The van der Waals surface area contributed by atoms with E-state index in [1.807, 2.05) is 0 Å². The first kappa shape index (κ1) is 13.0. The van der Waals surface area contributed by atoms with Crippen LogP contribution < -0.4 is 0 Å². The molecule has 0 radical (unpaired) electrons. The lowest BCUT2D eigenvalue weighted by Gasteiger charge is -2.12. The fourth-order valence-electron chi connectivity index (χ4n) is 2.01. The van der Waals surface area contributed by atoms with Crippen molar-refractivity contribution in [2.45, 2.75) is 0 Å². The third-order valence-corrected chi connectivity index (χ3v) is 3.02.